The van der Waals surface area contributed by atoms with E-state index in [1.165, 1.54) is 12.3 Å². The Balaban J connectivity index is 1.93. The zero-order chi connectivity index (χ0) is 15.1. The summed E-state index contributed by atoms with van der Waals surface area (Å²) in [4.78, 5) is 22.5. The number of H-pyrrole nitrogens is 2. The van der Waals surface area contributed by atoms with Crippen LogP contribution in [-0.4, -0.2) is 28.9 Å². The predicted octanol–water partition coefficient (Wildman–Crippen LogP) is 0.794. The van der Waals surface area contributed by atoms with Gasteiger partial charge in [-0.2, -0.15) is 5.10 Å². The first-order valence-electron chi connectivity index (χ1n) is 6.49. The van der Waals surface area contributed by atoms with Crippen LogP contribution in [0.25, 0.3) is 0 Å². The number of hydrogen-bond acceptors (Lipinski definition) is 4. The summed E-state index contributed by atoms with van der Waals surface area (Å²) in [6, 6.07) is 8.72. The summed E-state index contributed by atoms with van der Waals surface area (Å²) in [6.07, 6.45) is 1.56. The maximum atomic E-state index is 11.6. The lowest BCUT2D eigenvalue weighted by Gasteiger charge is -2.05. The van der Waals surface area contributed by atoms with Gasteiger partial charge in [-0.1, -0.05) is 12.1 Å². The average molecular weight is 288 g/mol. The highest BCUT2D eigenvalue weighted by molar-refractivity contribution is 5.85. The van der Waals surface area contributed by atoms with Gasteiger partial charge >= 0.3 is 0 Å². The molecule has 0 saturated heterocycles. The normalized spacial score (nSPS) is 10.7. The van der Waals surface area contributed by atoms with E-state index in [4.69, 9.17) is 4.74 Å². The van der Waals surface area contributed by atoms with Crippen LogP contribution in [0.2, 0.25) is 0 Å². The zero-order valence-corrected chi connectivity index (χ0v) is 11.6. The van der Waals surface area contributed by atoms with Gasteiger partial charge in [0.2, 0.25) is 5.91 Å². The lowest BCUT2D eigenvalue weighted by atomic mass is 10.2. The number of aromatic nitrogens is 2. The molecule has 0 atom stereocenters. The number of hydrazone groups is 1. The Morgan fingerprint density at radius 1 is 1.38 bits per heavy atom. The van der Waals surface area contributed by atoms with Crippen molar-refractivity contribution in [1.82, 2.24) is 15.6 Å². The van der Waals surface area contributed by atoms with Crippen LogP contribution in [0.1, 0.15) is 18.2 Å². The molecule has 0 unspecified atom stereocenters. The molecular weight excluding hydrogens is 272 g/mol. The van der Waals surface area contributed by atoms with E-state index in [1.807, 2.05) is 31.2 Å². The number of benzene rings is 1. The number of nitrogens with one attached hydrogen (secondary N) is 3. The van der Waals surface area contributed by atoms with Gasteiger partial charge in [-0.15, -0.1) is 0 Å². The first-order chi connectivity index (χ1) is 10.2. The molecule has 110 valence electrons. The van der Waals surface area contributed by atoms with Crippen LogP contribution in [0.15, 0.2) is 40.2 Å². The number of amides is 1. The minimum atomic E-state index is -0.324. The fraction of sp³-hybridized carbons (Fsp3) is 0.214. The van der Waals surface area contributed by atoms with Crippen molar-refractivity contribution in [1.29, 1.82) is 0 Å². The molecule has 1 amide bonds. The lowest BCUT2D eigenvalue weighted by molar-refractivity contribution is -0.120. The molecule has 0 radical (unpaired) electrons. The van der Waals surface area contributed by atoms with Crippen LogP contribution in [0.5, 0.6) is 5.75 Å². The number of carbonyl (C=O) groups is 1. The summed E-state index contributed by atoms with van der Waals surface area (Å²) in [6.45, 7) is 2.45. The van der Waals surface area contributed by atoms with Gasteiger partial charge in [0.15, 0.2) is 0 Å². The summed E-state index contributed by atoms with van der Waals surface area (Å²) in [5, 5.41) is 8.84. The van der Waals surface area contributed by atoms with E-state index < -0.39 is 0 Å². The van der Waals surface area contributed by atoms with Crippen molar-refractivity contribution in [2.75, 3.05) is 6.61 Å². The van der Waals surface area contributed by atoms with Gasteiger partial charge in [-0.3, -0.25) is 14.7 Å². The van der Waals surface area contributed by atoms with Gasteiger partial charge in [-0.25, -0.2) is 5.43 Å². The Kier molecular flexibility index (Phi) is 4.92. The SMILES string of the molecule is CCOc1ccccc1/C=N/NC(=O)Cc1cc(=O)[nH][nH]1. The second-order valence-corrected chi connectivity index (χ2v) is 4.22. The summed E-state index contributed by atoms with van der Waals surface area (Å²) in [5.74, 6) is 0.378. The fourth-order valence-electron chi connectivity index (χ4n) is 1.73. The second-order valence-electron chi connectivity index (χ2n) is 4.22. The molecule has 7 nitrogen and oxygen atoms in total. The molecule has 0 aliphatic heterocycles. The smallest absolute Gasteiger partial charge is 0.264 e. The Labute approximate surface area is 121 Å². The van der Waals surface area contributed by atoms with E-state index in [2.05, 4.69) is 20.7 Å². The molecule has 21 heavy (non-hydrogen) atoms. The third-order valence-electron chi connectivity index (χ3n) is 2.61. The molecule has 1 aromatic carbocycles. The van der Waals surface area contributed by atoms with Crippen molar-refractivity contribution in [3.63, 3.8) is 0 Å². The Morgan fingerprint density at radius 3 is 2.90 bits per heavy atom. The maximum absolute atomic E-state index is 11.6. The van der Waals surface area contributed by atoms with Crippen LogP contribution >= 0.6 is 0 Å². The highest BCUT2D eigenvalue weighted by Crippen LogP contribution is 2.15. The number of para-hydroxylation sites is 1. The summed E-state index contributed by atoms with van der Waals surface area (Å²) >= 11 is 0. The lowest BCUT2D eigenvalue weighted by Crippen LogP contribution is -2.20. The van der Waals surface area contributed by atoms with Gasteiger partial charge in [0.05, 0.1) is 19.2 Å². The maximum Gasteiger partial charge on any atom is 0.264 e. The number of aromatic amines is 2. The van der Waals surface area contributed by atoms with Crippen LogP contribution in [0, 0.1) is 0 Å². The number of nitrogens with zero attached hydrogens (tertiary/aromatic N) is 1. The quantitative estimate of drug-likeness (QED) is 0.541. The van der Waals surface area contributed by atoms with E-state index in [1.54, 1.807) is 0 Å². The van der Waals surface area contributed by atoms with Crippen molar-refractivity contribution in [2.24, 2.45) is 5.10 Å². The third kappa shape index (κ3) is 4.34. The minimum absolute atomic E-state index is 0.0448. The van der Waals surface area contributed by atoms with E-state index in [0.29, 0.717) is 18.1 Å². The molecule has 2 aromatic rings. The monoisotopic (exact) mass is 288 g/mol. The van der Waals surface area contributed by atoms with Gasteiger partial charge < -0.3 is 9.84 Å². The molecule has 0 spiro atoms. The van der Waals surface area contributed by atoms with Gasteiger partial charge in [-0.05, 0) is 19.1 Å². The standard InChI is InChI=1S/C14H16N4O3/c1-2-21-12-6-4-3-5-10(12)9-15-17-13(19)7-11-8-14(20)18-16-11/h3-6,8-9H,2,7H2,1H3,(H,17,19)(H2,16,18,20)/b15-9+. The fourth-order valence-corrected chi connectivity index (χ4v) is 1.73. The Hall–Kier alpha value is -2.83. The molecular formula is C14H16N4O3. The molecule has 2 rings (SSSR count). The molecule has 1 aromatic heterocycles. The van der Waals surface area contributed by atoms with Crippen molar-refractivity contribution in [3.8, 4) is 5.75 Å². The van der Waals surface area contributed by atoms with Crippen molar-refractivity contribution < 1.29 is 9.53 Å². The van der Waals surface area contributed by atoms with Crippen molar-refractivity contribution in [3.05, 3.63) is 51.9 Å². The minimum Gasteiger partial charge on any atom is -0.493 e. The molecule has 0 fully saturated rings. The van der Waals surface area contributed by atoms with E-state index in [0.717, 1.165) is 5.56 Å². The molecule has 0 bridgehead atoms. The summed E-state index contributed by atoms with van der Waals surface area (Å²) in [5.41, 5.74) is 3.40. The number of rotatable bonds is 6. The van der Waals surface area contributed by atoms with Gasteiger partial charge in [0, 0.05) is 17.3 Å². The van der Waals surface area contributed by atoms with Gasteiger partial charge in [0.1, 0.15) is 5.75 Å². The summed E-state index contributed by atoms with van der Waals surface area (Å²) in [7, 11) is 0. The third-order valence-corrected chi connectivity index (χ3v) is 2.61. The molecule has 0 aliphatic carbocycles. The van der Waals surface area contributed by atoms with Crippen LogP contribution in [0.3, 0.4) is 0 Å². The molecule has 7 heteroatoms. The van der Waals surface area contributed by atoms with Gasteiger partial charge in [0.25, 0.3) is 5.56 Å². The first-order valence-corrected chi connectivity index (χ1v) is 6.49. The van der Waals surface area contributed by atoms with Crippen LogP contribution in [0.4, 0.5) is 0 Å². The van der Waals surface area contributed by atoms with E-state index in [-0.39, 0.29) is 17.9 Å². The van der Waals surface area contributed by atoms with Crippen molar-refractivity contribution >= 4 is 12.1 Å². The van der Waals surface area contributed by atoms with E-state index >= 15 is 0 Å². The zero-order valence-electron chi connectivity index (χ0n) is 11.6. The van der Waals surface area contributed by atoms with Crippen molar-refractivity contribution in [2.45, 2.75) is 13.3 Å². The summed E-state index contributed by atoms with van der Waals surface area (Å²) < 4.78 is 5.45. The van der Waals surface area contributed by atoms with Crippen LogP contribution in [-0.2, 0) is 11.2 Å². The van der Waals surface area contributed by atoms with Crippen LogP contribution < -0.4 is 15.7 Å². The average Bonchev–Trinajstić information content (AvgIpc) is 2.86. The highest BCUT2D eigenvalue weighted by Gasteiger charge is 2.04. The predicted molar refractivity (Wildman–Crippen MR) is 78.5 cm³/mol. The number of hydrogen-bond donors (Lipinski definition) is 3. The van der Waals surface area contributed by atoms with E-state index in [9.17, 15) is 9.59 Å². The Bertz CT molecular complexity index is 687. The highest BCUT2D eigenvalue weighted by atomic mass is 16.5. The molecule has 1 heterocycles. The molecule has 0 saturated carbocycles. The number of ether oxygens (including phenoxy) is 1. The first kappa shape index (κ1) is 14.6. The Morgan fingerprint density at radius 2 is 2.19 bits per heavy atom. The molecule has 0 aliphatic rings. The molecule has 3 N–H and O–H groups in total. The second kappa shape index (κ2) is 7.09. The topological polar surface area (TPSA) is 99.3 Å². The number of carbonyl (C=O) groups excluding carboxylic acids is 1. The largest absolute Gasteiger partial charge is 0.493 e.